The molecule has 102 valence electrons. The fourth-order valence-corrected chi connectivity index (χ4v) is 2.37. The zero-order valence-electron chi connectivity index (χ0n) is 10.8. The van der Waals surface area contributed by atoms with Crippen molar-refractivity contribution in [2.24, 2.45) is 5.92 Å². The van der Waals surface area contributed by atoms with Crippen molar-refractivity contribution in [2.75, 3.05) is 20.3 Å². The summed E-state index contributed by atoms with van der Waals surface area (Å²) in [6.07, 6.45) is 4.40. The summed E-state index contributed by atoms with van der Waals surface area (Å²) in [6, 6.07) is 0.198. The van der Waals surface area contributed by atoms with Gasteiger partial charge < -0.3 is 9.47 Å². The molecule has 1 aliphatic rings. The van der Waals surface area contributed by atoms with Gasteiger partial charge in [0.2, 0.25) is 0 Å². The molecule has 2 aromatic rings. The monoisotopic (exact) mass is 264 g/mol. The van der Waals surface area contributed by atoms with Gasteiger partial charge >= 0.3 is 6.01 Å². The molecular formula is C12H16N4O3. The number of H-pyrrole nitrogens is 1. The lowest BCUT2D eigenvalue weighted by molar-refractivity contribution is 0.0658. The highest BCUT2D eigenvalue weighted by Crippen LogP contribution is 2.19. The molecule has 0 aromatic carbocycles. The lowest BCUT2D eigenvalue weighted by Crippen LogP contribution is -2.20. The highest BCUT2D eigenvalue weighted by Gasteiger charge is 2.18. The van der Waals surface area contributed by atoms with E-state index in [0.29, 0.717) is 11.4 Å². The molecule has 0 amide bonds. The van der Waals surface area contributed by atoms with Crippen LogP contribution in [0.15, 0.2) is 11.0 Å². The Labute approximate surface area is 109 Å². The second-order valence-electron chi connectivity index (χ2n) is 4.69. The third kappa shape index (κ3) is 2.33. The van der Waals surface area contributed by atoms with Gasteiger partial charge in [0.25, 0.3) is 5.56 Å². The number of hydrogen-bond donors (Lipinski definition) is 1. The molecule has 0 atom stereocenters. The number of hydrogen-bond acceptors (Lipinski definition) is 5. The van der Waals surface area contributed by atoms with Crippen LogP contribution in [-0.4, -0.2) is 39.9 Å². The molecule has 1 N–H and O–H groups in total. The minimum absolute atomic E-state index is 0.198. The van der Waals surface area contributed by atoms with Crippen LogP contribution in [0.5, 0.6) is 6.01 Å². The van der Waals surface area contributed by atoms with Crippen LogP contribution in [0.25, 0.3) is 5.52 Å². The largest absolute Gasteiger partial charge is 0.467 e. The smallest absolute Gasteiger partial charge is 0.314 e. The van der Waals surface area contributed by atoms with Crippen LogP contribution in [0.4, 0.5) is 0 Å². The Morgan fingerprint density at radius 2 is 2.32 bits per heavy atom. The van der Waals surface area contributed by atoms with E-state index < -0.39 is 0 Å². The minimum atomic E-state index is -0.238. The second kappa shape index (κ2) is 5.00. The first-order valence-electron chi connectivity index (χ1n) is 6.36. The van der Waals surface area contributed by atoms with Crippen molar-refractivity contribution in [3.63, 3.8) is 0 Å². The molecule has 0 unspecified atom stereocenters. The van der Waals surface area contributed by atoms with E-state index in [4.69, 9.17) is 9.47 Å². The predicted octanol–water partition coefficient (Wildman–Crippen LogP) is 0.395. The standard InChI is InChI=1S/C12H16N4O3/c1-18-12-14-11(17)9-7-13-10(16(9)15-12)6-8-2-4-19-5-3-8/h7-8H,2-6H2,1H3,(H,14,15,17). The van der Waals surface area contributed by atoms with Crippen molar-refractivity contribution in [3.05, 3.63) is 22.4 Å². The Morgan fingerprint density at radius 3 is 3.05 bits per heavy atom. The summed E-state index contributed by atoms with van der Waals surface area (Å²) in [5.41, 5.74) is 0.209. The van der Waals surface area contributed by atoms with Crippen molar-refractivity contribution in [1.29, 1.82) is 0 Å². The molecule has 2 aromatic heterocycles. The number of imidazole rings is 1. The van der Waals surface area contributed by atoms with Crippen LogP contribution < -0.4 is 10.3 Å². The number of methoxy groups -OCH3 is 1. The number of aromatic nitrogens is 4. The quantitative estimate of drug-likeness (QED) is 0.867. The van der Waals surface area contributed by atoms with Crippen LogP contribution in [0.3, 0.4) is 0 Å². The number of nitrogens with one attached hydrogen (secondary N) is 1. The van der Waals surface area contributed by atoms with Gasteiger partial charge in [0, 0.05) is 19.6 Å². The lowest BCUT2D eigenvalue weighted by Gasteiger charge is -2.21. The maximum Gasteiger partial charge on any atom is 0.314 e. The molecular weight excluding hydrogens is 248 g/mol. The number of fused-ring (bicyclic) bond motifs is 1. The average Bonchev–Trinajstić information content (AvgIpc) is 2.83. The van der Waals surface area contributed by atoms with Gasteiger partial charge in [-0.05, 0) is 18.8 Å². The van der Waals surface area contributed by atoms with Crippen molar-refractivity contribution in [3.8, 4) is 6.01 Å². The Bertz CT molecular complexity index is 627. The van der Waals surface area contributed by atoms with E-state index in [0.717, 1.165) is 38.3 Å². The van der Waals surface area contributed by atoms with Crippen LogP contribution in [-0.2, 0) is 11.2 Å². The Kier molecular flexibility index (Phi) is 3.20. The number of aromatic amines is 1. The summed E-state index contributed by atoms with van der Waals surface area (Å²) in [7, 11) is 1.47. The van der Waals surface area contributed by atoms with Gasteiger partial charge in [-0.2, -0.15) is 0 Å². The van der Waals surface area contributed by atoms with E-state index in [-0.39, 0.29) is 11.6 Å². The molecule has 3 heterocycles. The Balaban J connectivity index is 1.94. The summed E-state index contributed by atoms with van der Waals surface area (Å²) < 4.78 is 11.9. The zero-order chi connectivity index (χ0) is 13.2. The lowest BCUT2D eigenvalue weighted by atomic mass is 9.96. The molecule has 0 radical (unpaired) electrons. The molecule has 1 saturated heterocycles. The van der Waals surface area contributed by atoms with Crippen LogP contribution >= 0.6 is 0 Å². The van der Waals surface area contributed by atoms with Gasteiger partial charge in [0.1, 0.15) is 5.82 Å². The van der Waals surface area contributed by atoms with Crippen LogP contribution in [0, 0.1) is 5.92 Å². The normalized spacial score (nSPS) is 16.9. The van der Waals surface area contributed by atoms with Gasteiger partial charge in [-0.25, -0.2) is 9.50 Å². The molecule has 0 saturated carbocycles. The third-order valence-electron chi connectivity index (χ3n) is 3.46. The molecule has 0 spiro atoms. The Hall–Kier alpha value is -1.89. The fraction of sp³-hybridized carbons (Fsp3) is 0.583. The van der Waals surface area contributed by atoms with E-state index in [1.54, 1.807) is 10.7 Å². The molecule has 7 nitrogen and oxygen atoms in total. The van der Waals surface area contributed by atoms with E-state index in [1.807, 2.05) is 0 Å². The van der Waals surface area contributed by atoms with Gasteiger partial charge in [0.05, 0.1) is 13.3 Å². The molecule has 19 heavy (non-hydrogen) atoms. The van der Waals surface area contributed by atoms with Crippen molar-refractivity contribution < 1.29 is 9.47 Å². The van der Waals surface area contributed by atoms with Gasteiger partial charge in [-0.3, -0.25) is 9.78 Å². The topological polar surface area (TPSA) is 81.5 Å². The van der Waals surface area contributed by atoms with Gasteiger partial charge in [-0.15, -0.1) is 5.10 Å². The summed E-state index contributed by atoms with van der Waals surface area (Å²) >= 11 is 0. The van der Waals surface area contributed by atoms with Crippen molar-refractivity contribution in [2.45, 2.75) is 19.3 Å². The third-order valence-corrected chi connectivity index (χ3v) is 3.46. The average molecular weight is 264 g/mol. The summed E-state index contributed by atoms with van der Waals surface area (Å²) in [6.45, 7) is 1.59. The summed E-state index contributed by atoms with van der Waals surface area (Å²) in [5.74, 6) is 1.33. The number of ether oxygens (including phenoxy) is 2. The van der Waals surface area contributed by atoms with Gasteiger partial charge in [0.15, 0.2) is 5.52 Å². The molecule has 0 bridgehead atoms. The van der Waals surface area contributed by atoms with Gasteiger partial charge in [-0.1, -0.05) is 0 Å². The predicted molar refractivity (Wildman–Crippen MR) is 67.4 cm³/mol. The Morgan fingerprint density at radius 1 is 1.53 bits per heavy atom. The van der Waals surface area contributed by atoms with E-state index in [1.165, 1.54) is 7.11 Å². The first-order chi connectivity index (χ1) is 9.28. The highest BCUT2D eigenvalue weighted by molar-refractivity contribution is 5.42. The van der Waals surface area contributed by atoms with Crippen molar-refractivity contribution >= 4 is 5.52 Å². The molecule has 0 aliphatic carbocycles. The van der Waals surface area contributed by atoms with E-state index >= 15 is 0 Å². The van der Waals surface area contributed by atoms with Crippen molar-refractivity contribution in [1.82, 2.24) is 19.6 Å². The van der Waals surface area contributed by atoms with Crippen LogP contribution in [0.1, 0.15) is 18.7 Å². The van der Waals surface area contributed by atoms with E-state index in [2.05, 4.69) is 15.1 Å². The first-order valence-corrected chi connectivity index (χ1v) is 6.36. The minimum Gasteiger partial charge on any atom is -0.467 e. The zero-order valence-corrected chi connectivity index (χ0v) is 10.8. The fourth-order valence-electron chi connectivity index (χ4n) is 2.37. The maximum atomic E-state index is 11.8. The summed E-state index contributed by atoms with van der Waals surface area (Å²) in [5, 5.41) is 4.23. The molecule has 1 aliphatic heterocycles. The maximum absolute atomic E-state index is 11.8. The molecule has 1 fully saturated rings. The second-order valence-corrected chi connectivity index (χ2v) is 4.69. The molecule has 3 rings (SSSR count). The number of nitrogens with zero attached hydrogens (tertiary/aromatic N) is 3. The number of rotatable bonds is 3. The highest BCUT2D eigenvalue weighted by atomic mass is 16.5. The van der Waals surface area contributed by atoms with E-state index in [9.17, 15) is 4.79 Å². The summed E-state index contributed by atoms with van der Waals surface area (Å²) in [4.78, 5) is 18.7. The molecule has 7 heteroatoms. The SMILES string of the molecule is COc1nn2c(CC3CCOCC3)ncc2c(=O)[nH]1. The first kappa shape index (κ1) is 12.2. The van der Waals surface area contributed by atoms with Crippen LogP contribution in [0.2, 0.25) is 0 Å².